The van der Waals surface area contributed by atoms with Crippen LogP contribution in [0, 0.1) is 0 Å². The van der Waals surface area contributed by atoms with Crippen LogP contribution < -0.4 is 4.74 Å². The fourth-order valence-corrected chi connectivity index (χ4v) is 8.31. The van der Waals surface area contributed by atoms with E-state index in [-0.39, 0.29) is 44.7 Å². The summed E-state index contributed by atoms with van der Waals surface area (Å²) in [5.41, 5.74) is -2.44. The third-order valence-electron chi connectivity index (χ3n) is 9.83. The van der Waals surface area contributed by atoms with Crippen molar-refractivity contribution >= 4 is 34.8 Å². The Morgan fingerprint density at radius 3 is 2.50 bits per heavy atom. The van der Waals surface area contributed by atoms with Crippen molar-refractivity contribution in [3.8, 4) is 5.75 Å². The lowest BCUT2D eigenvalue weighted by atomic mass is 9.79. The van der Waals surface area contributed by atoms with Gasteiger partial charge in [-0.1, -0.05) is 17.7 Å². The second-order valence-corrected chi connectivity index (χ2v) is 14.3. The Morgan fingerprint density at radius 1 is 1.04 bits per heavy atom. The van der Waals surface area contributed by atoms with Gasteiger partial charge < -0.3 is 24.0 Å². The predicted octanol–water partition coefficient (Wildman–Crippen LogP) is 6.75. The Hall–Kier alpha value is -3.44. The zero-order valence-corrected chi connectivity index (χ0v) is 29.7. The fourth-order valence-electron chi connectivity index (χ4n) is 7.44. The number of carbonyl (C=O) groups is 2. The van der Waals surface area contributed by atoms with Crippen molar-refractivity contribution in [2.24, 2.45) is 0 Å². The number of amides is 2. The third-order valence-corrected chi connectivity index (χ3v) is 11.0. The molecule has 3 aromatic rings. The van der Waals surface area contributed by atoms with Crippen LogP contribution in [0.15, 0.2) is 48.0 Å². The van der Waals surface area contributed by atoms with Gasteiger partial charge >= 0.3 is 12.4 Å². The number of ether oxygens (including phenoxy) is 3. The number of hydrogen-bond donors (Lipinski definition) is 0. The van der Waals surface area contributed by atoms with Crippen LogP contribution in [0.4, 0.5) is 26.3 Å². The van der Waals surface area contributed by atoms with Gasteiger partial charge in [0.05, 0.1) is 37.5 Å². The Morgan fingerprint density at radius 2 is 1.81 bits per heavy atom. The number of likely N-dealkylation sites (tertiary alicyclic amines) is 1. The molecule has 52 heavy (non-hydrogen) atoms. The second kappa shape index (κ2) is 15.5. The highest BCUT2D eigenvalue weighted by atomic mass is 35.5. The summed E-state index contributed by atoms with van der Waals surface area (Å²) in [4.78, 5) is 37.4. The van der Waals surface area contributed by atoms with Crippen molar-refractivity contribution < 1.29 is 50.1 Å². The molecule has 0 aliphatic carbocycles. The molecule has 282 valence electrons. The highest BCUT2D eigenvalue weighted by Crippen LogP contribution is 2.44. The van der Waals surface area contributed by atoms with Crippen molar-refractivity contribution in [1.82, 2.24) is 19.7 Å². The van der Waals surface area contributed by atoms with Crippen molar-refractivity contribution in [1.29, 1.82) is 0 Å². The van der Waals surface area contributed by atoms with Gasteiger partial charge in [0, 0.05) is 68.9 Å². The molecule has 2 fully saturated rings. The maximum atomic E-state index is 15.4. The number of morpholine rings is 1. The van der Waals surface area contributed by atoms with E-state index in [0.29, 0.717) is 55.6 Å². The molecule has 0 radical (unpaired) electrons. The van der Waals surface area contributed by atoms with Gasteiger partial charge in [-0.2, -0.15) is 26.3 Å². The summed E-state index contributed by atoms with van der Waals surface area (Å²) >= 11 is 6.68. The lowest BCUT2D eigenvalue weighted by Gasteiger charge is -2.51. The molecule has 0 saturated carbocycles. The minimum atomic E-state index is -4.91. The maximum Gasteiger partial charge on any atom is 0.425 e. The van der Waals surface area contributed by atoms with Gasteiger partial charge in [0.2, 0.25) is 5.60 Å². The molecule has 0 bridgehead atoms. The summed E-state index contributed by atoms with van der Waals surface area (Å²) in [5.74, 6) is -1.91. The summed E-state index contributed by atoms with van der Waals surface area (Å²) in [6.07, 6.45) is -8.01. The van der Waals surface area contributed by atoms with Gasteiger partial charge in [0.25, 0.3) is 11.8 Å². The molecule has 0 N–H and O–H groups in total. The van der Waals surface area contributed by atoms with Crippen LogP contribution in [0.2, 0.25) is 5.02 Å². The van der Waals surface area contributed by atoms with Crippen LogP contribution in [0.5, 0.6) is 5.75 Å². The van der Waals surface area contributed by atoms with Gasteiger partial charge in [0.1, 0.15) is 16.3 Å². The number of halogens is 7. The second-order valence-electron chi connectivity index (χ2n) is 13.0. The first kappa shape index (κ1) is 38.3. The van der Waals surface area contributed by atoms with Crippen molar-refractivity contribution in [2.45, 2.75) is 55.7 Å². The van der Waals surface area contributed by atoms with E-state index < -0.39 is 58.0 Å². The Labute approximate surface area is 305 Å². The van der Waals surface area contributed by atoms with Crippen LogP contribution in [0.25, 0.3) is 0 Å². The van der Waals surface area contributed by atoms with Gasteiger partial charge in [-0.25, -0.2) is 0 Å². The van der Waals surface area contributed by atoms with E-state index in [1.54, 1.807) is 23.1 Å². The number of methoxy groups -OCH3 is 1. The Balaban J connectivity index is 1.48. The topological polar surface area (TPSA) is 84.4 Å². The summed E-state index contributed by atoms with van der Waals surface area (Å²) < 4.78 is 102. The molecule has 17 heteroatoms. The molecule has 3 aliphatic heterocycles. The van der Waals surface area contributed by atoms with Crippen LogP contribution in [-0.2, 0) is 33.0 Å². The zero-order chi connectivity index (χ0) is 37.3. The standard InChI is InChI=1S/C35H37ClF6N4O5S/c1-49-20-27-25-6-5-23(36)18-22(25)7-13-45(27)32(48)33(51-24-19-29(52-21-24)35(40,41)42)9-3-11-46(28(33)8-12-44-14-16-50-17-15-44)31(47)30-26(34(37,38)39)4-2-10-43-30/h2,4-6,10,18-19,21,27-28H,3,7-9,11-17,20H2,1H3/t27?,28-,33+/m1/s1. The number of benzene rings is 1. The summed E-state index contributed by atoms with van der Waals surface area (Å²) in [7, 11) is 1.47. The number of pyridine rings is 1. The number of aromatic nitrogens is 1. The van der Waals surface area contributed by atoms with E-state index in [1.807, 2.05) is 4.90 Å². The molecule has 5 heterocycles. The SMILES string of the molecule is COCC1c2ccc(Cl)cc2CCN1C(=O)[C@]1(Oc2csc(C(F)(F)F)c2)CCCN(C(=O)c2ncccc2C(F)(F)F)[C@@H]1CCN1CCOCC1. The largest absolute Gasteiger partial charge is 0.474 e. The van der Waals surface area contributed by atoms with Gasteiger partial charge in [-0.15, -0.1) is 11.3 Å². The van der Waals surface area contributed by atoms with E-state index >= 15 is 4.79 Å². The van der Waals surface area contributed by atoms with Crippen LogP contribution in [0.1, 0.15) is 57.4 Å². The molecular formula is C35H37ClF6N4O5S. The minimum absolute atomic E-state index is 0.0292. The molecule has 0 spiro atoms. The monoisotopic (exact) mass is 774 g/mol. The number of hydrogen-bond acceptors (Lipinski definition) is 8. The molecule has 1 aromatic carbocycles. The summed E-state index contributed by atoms with van der Waals surface area (Å²) in [5, 5.41) is 1.66. The van der Waals surface area contributed by atoms with E-state index in [0.717, 1.165) is 40.9 Å². The molecule has 2 saturated heterocycles. The van der Waals surface area contributed by atoms with E-state index in [2.05, 4.69) is 4.98 Å². The third kappa shape index (κ3) is 7.91. The Bertz CT molecular complexity index is 1750. The lowest BCUT2D eigenvalue weighted by molar-refractivity contribution is -0.164. The number of alkyl halides is 6. The first-order valence-corrected chi connectivity index (χ1v) is 18.0. The first-order valence-electron chi connectivity index (χ1n) is 16.8. The molecule has 1 unspecified atom stereocenters. The molecule has 3 aliphatic rings. The molecule has 6 rings (SSSR count). The van der Waals surface area contributed by atoms with Crippen LogP contribution >= 0.6 is 22.9 Å². The number of nitrogens with zero attached hydrogens (tertiary/aromatic N) is 4. The van der Waals surface area contributed by atoms with E-state index in [1.165, 1.54) is 12.0 Å². The molecule has 2 aromatic heterocycles. The number of fused-ring (bicyclic) bond motifs is 1. The molecular weight excluding hydrogens is 738 g/mol. The van der Waals surface area contributed by atoms with Gasteiger partial charge in [-0.3, -0.25) is 19.5 Å². The number of thiophene rings is 1. The number of rotatable bonds is 9. The summed E-state index contributed by atoms with van der Waals surface area (Å²) in [6, 6.07) is 6.05. The maximum absolute atomic E-state index is 15.4. The smallest absolute Gasteiger partial charge is 0.425 e. The predicted molar refractivity (Wildman–Crippen MR) is 179 cm³/mol. The van der Waals surface area contributed by atoms with Crippen molar-refractivity contribution in [3.05, 3.63) is 80.3 Å². The van der Waals surface area contributed by atoms with Crippen LogP contribution in [0.3, 0.4) is 0 Å². The first-order chi connectivity index (χ1) is 24.7. The number of piperidine rings is 1. The van der Waals surface area contributed by atoms with Crippen molar-refractivity contribution in [3.63, 3.8) is 0 Å². The van der Waals surface area contributed by atoms with Crippen LogP contribution in [-0.4, -0.2) is 103 Å². The highest BCUT2D eigenvalue weighted by Gasteiger charge is 2.57. The lowest BCUT2D eigenvalue weighted by Crippen LogP contribution is -2.69. The molecule has 9 nitrogen and oxygen atoms in total. The van der Waals surface area contributed by atoms with E-state index in [9.17, 15) is 31.1 Å². The van der Waals surface area contributed by atoms with Gasteiger partial charge in [0.15, 0.2) is 0 Å². The highest BCUT2D eigenvalue weighted by molar-refractivity contribution is 7.10. The van der Waals surface area contributed by atoms with Crippen molar-refractivity contribution in [2.75, 3.05) is 59.7 Å². The normalized spacial score (nSPS) is 23.0. The van der Waals surface area contributed by atoms with Gasteiger partial charge in [-0.05, 0) is 54.7 Å². The minimum Gasteiger partial charge on any atom is -0.474 e. The Kier molecular flexibility index (Phi) is 11.4. The summed E-state index contributed by atoms with van der Waals surface area (Å²) in [6.45, 7) is 2.39. The zero-order valence-electron chi connectivity index (χ0n) is 28.1. The average molecular weight is 775 g/mol. The molecule has 3 atom stereocenters. The fraction of sp³-hybridized carbons (Fsp3) is 0.514. The molecule has 2 amide bonds. The number of carbonyl (C=O) groups excluding carboxylic acids is 2. The average Bonchev–Trinajstić information content (AvgIpc) is 3.60. The van der Waals surface area contributed by atoms with E-state index in [4.69, 9.17) is 25.8 Å². The quantitative estimate of drug-likeness (QED) is 0.223.